The van der Waals surface area contributed by atoms with E-state index in [1.54, 1.807) is 32.9 Å². The zero-order valence-electron chi connectivity index (χ0n) is 20.8. The summed E-state index contributed by atoms with van der Waals surface area (Å²) in [6.07, 6.45) is -7.06. The zero-order chi connectivity index (χ0) is 28.5. The second-order valence-corrected chi connectivity index (χ2v) is 13.3. The Morgan fingerprint density at radius 1 is 1.16 bits per heavy atom. The third kappa shape index (κ3) is 7.19. The molecule has 2 amide bonds. The number of halogens is 5. The molecule has 0 radical (unpaired) electrons. The summed E-state index contributed by atoms with van der Waals surface area (Å²) >= 11 is 12.1. The van der Waals surface area contributed by atoms with Crippen molar-refractivity contribution in [2.45, 2.75) is 57.0 Å². The second kappa shape index (κ2) is 11.0. The van der Waals surface area contributed by atoms with Crippen LogP contribution in [0.2, 0.25) is 10.0 Å². The predicted octanol–water partition coefficient (Wildman–Crippen LogP) is 6.09. The van der Waals surface area contributed by atoms with E-state index < -0.39 is 62.9 Å². The summed E-state index contributed by atoms with van der Waals surface area (Å²) in [5, 5.41) is 13.8. The Morgan fingerprint density at radius 2 is 1.79 bits per heavy atom. The number of hydrogen-bond acceptors (Lipinski definition) is 5. The van der Waals surface area contributed by atoms with E-state index in [4.69, 9.17) is 27.9 Å². The van der Waals surface area contributed by atoms with Gasteiger partial charge in [-0.15, -0.1) is 0 Å². The molecular weight excluding hydrogens is 568 g/mol. The number of carbonyl (C=O) groups excluding carboxylic acids is 2. The fraction of sp³-hybridized carbons (Fsp3) is 0.440. The third-order valence-corrected chi connectivity index (χ3v) is 8.60. The van der Waals surface area contributed by atoms with Crippen molar-refractivity contribution in [3.8, 4) is 11.1 Å². The van der Waals surface area contributed by atoms with Gasteiger partial charge in [-0.1, -0.05) is 53.5 Å². The van der Waals surface area contributed by atoms with E-state index in [9.17, 15) is 32.1 Å². The second-order valence-electron chi connectivity index (χ2n) is 9.91. The van der Waals surface area contributed by atoms with Crippen LogP contribution >= 0.6 is 23.2 Å². The van der Waals surface area contributed by atoms with Crippen LogP contribution in [0.25, 0.3) is 11.1 Å². The van der Waals surface area contributed by atoms with Crippen LogP contribution < -0.4 is 5.32 Å². The van der Waals surface area contributed by atoms with Gasteiger partial charge in [0, 0.05) is 33.5 Å². The minimum atomic E-state index is -5.11. The Kier molecular flexibility index (Phi) is 8.77. The Morgan fingerprint density at radius 3 is 2.32 bits per heavy atom. The summed E-state index contributed by atoms with van der Waals surface area (Å²) < 4.78 is 64.1. The largest absolute Gasteiger partial charge is 0.444 e. The molecule has 1 heterocycles. The summed E-state index contributed by atoms with van der Waals surface area (Å²) in [5.41, 5.74) is -3.58. The van der Waals surface area contributed by atoms with Crippen molar-refractivity contribution in [1.82, 2.24) is 5.32 Å². The number of benzene rings is 2. The standard InChI is InChI=1S/C25H27Cl2F3N2O5S/c1-23(2,3)37-22(34)31-20-10-12-38(36,32-21(20)33)13-11-24(35,25(28,29)30)16-6-4-15(5-7-16)18-9-8-17(26)14-19(18)27/h4-9,14,20,35H,10-13H2,1-3H3,(H,31,34)/t20-,24-,38+/m0/s1. The Hall–Kier alpha value is -2.34. The van der Waals surface area contributed by atoms with Crippen LogP contribution in [0.15, 0.2) is 46.8 Å². The highest BCUT2D eigenvalue weighted by atomic mass is 35.5. The highest BCUT2D eigenvalue weighted by molar-refractivity contribution is 7.93. The lowest BCUT2D eigenvalue weighted by Gasteiger charge is -2.32. The van der Waals surface area contributed by atoms with E-state index in [0.717, 1.165) is 12.1 Å². The molecular formula is C25H27Cl2F3N2O5S. The van der Waals surface area contributed by atoms with Crippen LogP contribution in [-0.4, -0.2) is 50.6 Å². The maximum Gasteiger partial charge on any atom is 0.421 e. The molecule has 38 heavy (non-hydrogen) atoms. The number of nitrogens with zero attached hydrogens (tertiary/aromatic N) is 1. The van der Waals surface area contributed by atoms with E-state index in [-0.39, 0.29) is 12.2 Å². The number of rotatable bonds is 6. The minimum absolute atomic E-state index is 0.0958. The molecule has 0 fully saturated rings. The molecule has 13 heteroatoms. The van der Waals surface area contributed by atoms with Crippen LogP contribution in [0.1, 0.15) is 39.2 Å². The fourth-order valence-corrected chi connectivity index (χ4v) is 6.41. The van der Waals surface area contributed by atoms with E-state index >= 15 is 0 Å². The first-order chi connectivity index (χ1) is 17.4. The first-order valence-corrected chi connectivity index (χ1v) is 14.1. The van der Waals surface area contributed by atoms with Crippen molar-refractivity contribution in [3.05, 3.63) is 58.1 Å². The van der Waals surface area contributed by atoms with E-state index in [1.807, 2.05) is 0 Å². The molecule has 0 spiro atoms. The lowest BCUT2D eigenvalue weighted by atomic mass is 9.89. The normalized spacial score (nSPS) is 21.8. The topological polar surface area (TPSA) is 105 Å². The number of alkyl carbamates (subject to hydrolysis) is 1. The third-order valence-electron chi connectivity index (χ3n) is 5.83. The molecule has 0 aromatic heterocycles. The van der Waals surface area contributed by atoms with Crippen LogP contribution in [0.3, 0.4) is 0 Å². The number of ether oxygens (including phenoxy) is 1. The van der Waals surface area contributed by atoms with Crippen molar-refractivity contribution in [2.75, 3.05) is 11.5 Å². The minimum Gasteiger partial charge on any atom is -0.444 e. The van der Waals surface area contributed by atoms with Gasteiger partial charge >= 0.3 is 12.3 Å². The van der Waals surface area contributed by atoms with E-state index in [1.165, 1.54) is 18.2 Å². The lowest BCUT2D eigenvalue weighted by Crippen LogP contribution is -2.47. The van der Waals surface area contributed by atoms with Crippen molar-refractivity contribution in [1.29, 1.82) is 0 Å². The first-order valence-electron chi connectivity index (χ1n) is 11.5. The van der Waals surface area contributed by atoms with Crippen LogP contribution in [0, 0.1) is 0 Å². The van der Waals surface area contributed by atoms with Crippen LogP contribution in [0.4, 0.5) is 18.0 Å². The molecule has 1 aliphatic heterocycles. The van der Waals surface area contributed by atoms with Gasteiger partial charge in [-0.05, 0) is 50.5 Å². The average molecular weight is 595 g/mol. The van der Waals surface area contributed by atoms with Gasteiger partial charge in [0.15, 0.2) is 5.60 Å². The molecule has 0 bridgehead atoms. The van der Waals surface area contributed by atoms with Gasteiger partial charge in [-0.3, -0.25) is 4.79 Å². The SMILES string of the molecule is CC(C)(C)OC(=O)N[C@H]1CC[S@@](=O)(CC[C@](O)(c2ccc(-c3ccc(Cl)cc3Cl)cc2)C(F)(F)F)=NC1=O. The Balaban J connectivity index is 1.79. The van der Waals surface area contributed by atoms with Gasteiger partial charge < -0.3 is 15.2 Å². The monoisotopic (exact) mass is 594 g/mol. The van der Waals surface area contributed by atoms with Crippen LogP contribution in [-0.2, 0) is 24.9 Å². The summed E-state index contributed by atoms with van der Waals surface area (Å²) in [7, 11) is -3.41. The maximum absolute atomic E-state index is 14.1. The smallest absolute Gasteiger partial charge is 0.421 e. The van der Waals surface area contributed by atoms with E-state index in [2.05, 4.69) is 9.68 Å². The molecule has 2 N–H and O–H groups in total. The highest BCUT2D eigenvalue weighted by Crippen LogP contribution is 2.43. The molecule has 1 aliphatic rings. The quantitative estimate of drug-likeness (QED) is 0.421. The zero-order valence-corrected chi connectivity index (χ0v) is 23.1. The van der Waals surface area contributed by atoms with Gasteiger partial charge in [0.2, 0.25) is 0 Å². The molecule has 2 aromatic rings. The lowest BCUT2D eigenvalue weighted by molar-refractivity contribution is -0.267. The molecule has 3 rings (SSSR count). The summed E-state index contributed by atoms with van der Waals surface area (Å²) in [6.45, 7) is 4.90. The molecule has 7 nitrogen and oxygen atoms in total. The van der Waals surface area contributed by atoms with Crippen LogP contribution in [0.5, 0.6) is 0 Å². The maximum atomic E-state index is 14.1. The molecule has 3 atom stereocenters. The highest BCUT2D eigenvalue weighted by Gasteiger charge is 2.55. The van der Waals surface area contributed by atoms with Gasteiger partial charge in [-0.25, -0.2) is 9.00 Å². The Bertz CT molecular complexity index is 1340. The number of aliphatic hydroxyl groups is 1. The van der Waals surface area contributed by atoms with Gasteiger partial charge in [0.25, 0.3) is 5.91 Å². The number of alkyl halides is 3. The molecule has 208 valence electrons. The molecule has 2 aromatic carbocycles. The molecule has 0 saturated carbocycles. The predicted molar refractivity (Wildman–Crippen MR) is 140 cm³/mol. The fourth-order valence-electron chi connectivity index (χ4n) is 3.84. The molecule has 0 aliphatic carbocycles. The van der Waals surface area contributed by atoms with Crippen molar-refractivity contribution >= 4 is 44.9 Å². The first kappa shape index (κ1) is 30.2. The number of carbonyl (C=O) groups is 2. The van der Waals surface area contributed by atoms with E-state index in [0.29, 0.717) is 21.2 Å². The van der Waals surface area contributed by atoms with Crippen molar-refractivity contribution in [3.63, 3.8) is 0 Å². The molecule has 0 unspecified atom stereocenters. The average Bonchev–Trinajstić information content (AvgIpc) is 2.78. The van der Waals surface area contributed by atoms with Crippen molar-refractivity contribution in [2.24, 2.45) is 4.36 Å². The molecule has 0 saturated heterocycles. The van der Waals surface area contributed by atoms with Gasteiger partial charge in [-0.2, -0.15) is 17.5 Å². The van der Waals surface area contributed by atoms with Crippen molar-refractivity contribution < 1.29 is 36.8 Å². The number of amides is 2. The summed E-state index contributed by atoms with van der Waals surface area (Å²) in [5.74, 6) is -1.84. The Labute approximate surface area is 228 Å². The summed E-state index contributed by atoms with van der Waals surface area (Å²) in [6, 6.07) is 8.58. The van der Waals surface area contributed by atoms with Gasteiger partial charge in [0.05, 0.1) is 9.73 Å². The van der Waals surface area contributed by atoms with Gasteiger partial charge in [0.1, 0.15) is 11.6 Å². The number of nitrogens with one attached hydrogen (secondary N) is 1. The summed E-state index contributed by atoms with van der Waals surface area (Å²) in [4.78, 5) is 24.3. The number of hydrogen-bond donors (Lipinski definition) is 2.